The predicted octanol–water partition coefficient (Wildman–Crippen LogP) is 5.59. The maximum atomic E-state index is 13.7. The number of fused-ring (bicyclic) bond motifs is 4. The first kappa shape index (κ1) is 26.4. The number of nitrogens with zero attached hydrogens (tertiary/aromatic N) is 2. The summed E-state index contributed by atoms with van der Waals surface area (Å²) >= 11 is 0. The molecule has 2 aliphatic rings. The SMILES string of the molecule is C[C@]12C[C@@H](c3cccc(OCc4ccccc4)c3O1)N(N)C(=O)N2c1cccc(C(=O)NCCc2ccccc2)c1. The van der Waals surface area contributed by atoms with Crippen LogP contribution in [0.15, 0.2) is 103 Å². The van der Waals surface area contributed by atoms with Gasteiger partial charge in [-0.3, -0.25) is 14.7 Å². The topological polar surface area (TPSA) is 97.1 Å². The van der Waals surface area contributed by atoms with Crippen LogP contribution in [0.4, 0.5) is 10.5 Å². The van der Waals surface area contributed by atoms with Crippen LogP contribution in [-0.2, 0) is 13.0 Å². The molecular weight excluding hydrogens is 516 g/mol. The summed E-state index contributed by atoms with van der Waals surface area (Å²) in [6.45, 7) is 2.74. The average molecular weight is 549 g/mol. The van der Waals surface area contributed by atoms with Crippen LogP contribution in [0.25, 0.3) is 0 Å². The van der Waals surface area contributed by atoms with Crippen LogP contribution in [0.3, 0.4) is 0 Å². The average Bonchev–Trinajstić information content (AvgIpc) is 3.00. The summed E-state index contributed by atoms with van der Waals surface area (Å²) in [5.74, 6) is 7.35. The van der Waals surface area contributed by atoms with Crippen molar-refractivity contribution in [1.82, 2.24) is 10.3 Å². The molecule has 0 radical (unpaired) electrons. The van der Waals surface area contributed by atoms with Crippen molar-refractivity contribution in [3.63, 3.8) is 0 Å². The molecule has 208 valence electrons. The number of amides is 3. The highest BCUT2D eigenvalue weighted by molar-refractivity contribution is 5.98. The van der Waals surface area contributed by atoms with Gasteiger partial charge in [-0.2, -0.15) is 0 Å². The van der Waals surface area contributed by atoms with Gasteiger partial charge in [0.2, 0.25) is 0 Å². The van der Waals surface area contributed by atoms with Crippen molar-refractivity contribution in [3.8, 4) is 11.5 Å². The molecule has 0 spiro atoms. The van der Waals surface area contributed by atoms with E-state index in [1.165, 1.54) is 9.91 Å². The molecule has 2 bridgehead atoms. The van der Waals surface area contributed by atoms with Crippen molar-refractivity contribution in [1.29, 1.82) is 0 Å². The van der Waals surface area contributed by atoms with E-state index in [2.05, 4.69) is 5.32 Å². The molecule has 8 heteroatoms. The van der Waals surface area contributed by atoms with E-state index in [-0.39, 0.29) is 5.91 Å². The highest BCUT2D eigenvalue weighted by Crippen LogP contribution is 2.51. The number of nitrogens with one attached hydrogen (secondary N) is 1. The number of nitrogens with two attached hydrogens (primary N) is 1. The Labute approximate surface area is 239 Å². The Morgan fingerprint density at radius 2 is 1.68 bits per heavy atom. The summed E-state index contributed by atoms with van der Waals surface area (Å²) in [4.78, 5) is 28.2. The normalized spacial score (nSPS) is 19.3. The number of carbonyl (C=O) groups excluding carboxylic acids is 2. The molecule has 0 unspecified atom stereocenters. The van der Waals surface area contributed by atoms with Crippen LogP contribution in [0.5, 0.6) is 11.5 Å². The van der Waals surface area contributed by atoms with Crippen LogP contribution in [-0.4, -0.2) is 29.2 Å². The van der Waals surface area contributed by atoms with Gasteiger partial charge in [0.15, 0.2) is 17.2 Å². The van der Waals surface area contributed by atoms with Gasteiger partial charge >= 0.3 is 6.03 Å². The molecule has 1 saturated heterocycles. The van der Waals surface area contributed by atoms with E-state index in [9.17, 15) is 9.59 Å². The van der Waals surface area contributed by atoms with E-state index in [0.29, 0.717) is 42.3 Å². The number of benzene rings is 4. The van der Waals surface area contributed by atoms with Gasteiger partial charge < -0.3 is 14.8 Å². The van der Waals surface area contributed by atoms with Gasteiger partial charge in [-0.1, -0.05) is 78.9 Å². The molecule has 2 heterocycles. The molecule has 0 aromatic heterocycles. The zero-order valence-electron chi connectivity index (χ0n) is 22.8. The Hall–Kier alpha value is -4.82. The minimum Gasteiger partial charge on any atom is -0.485 e. The van der Waals surface area contributed by atoms with Crippen LogP contribution in [0.2, 0.25) is 0 Å². The first-order valence-electron chi connectivity index (χ1n) is 13.7. The molecule has 41 heavy (non-hydrogen) atoms. The van der Waals surface area contributed by atoms with Gasteiger partial charge in [0.25, 0.3) is 5.91 Å². The summed E-state index contributed by atoms with van der Waals surface area (Å²) in [5, 5.41) is 4.22. The number of rotatable bonds is 8. The monoisotopic (exact) mass is 548 g/mol. The van der Waals surface area contributed by atoms with Crippen molar-refractivity contribution < 1.29 is 19.1 Å². The fourth-order valence-corrected chi connectivity index (χ4v) is 5.56. The van der Waals surface area contributed by atoms with Gasteiger partial charge in [-0.05, 0) is 48.7 Å². The second kappa shape index (κ2) is 11.0. The lowest BCUT2D eigenvalue weighted by Crippen LogP contribution is -2.67. The molecule has 4 aromatic carbocycles. The summed E-state index contributed by atoms with van der Waals surface area (Å²) < 4.78 is 12.8. The van der Waals surface area contributed by atoms with Crippen LogP contribution < -0.4 is 25.5 Å². The number of anilines is 1. The molecule has 2 atom stereocenters. The molecule has 3 N–H and O–H groups in total. The van der Waals surface area contributed by atoms with E-state index in [1.807, 2.05) is 85.8 Å². The van der Waals surface area contributed by atoms with E-state index in [0.717, 1.165) is 23.1 Å². The Morgan fingerprint density at radius 3 is 2.44 bits per heavy atom. The lowest BCUT2D eigenvalue weighted by Gasteiger charge is -2.53. The third kappa shape index (κ3) is 5.21. The van der Waals surface area contributed by atoms with E-state index in [1.54, 1.807) is 24.3 Å². The third-order valence-electron chi connectivity index (χ3n) is 7.63. The van der Waals surface area contributed by atoms with E-state index >= 15 is 0 Å². The molecule has 0 saturated carbocycles. The molecule has 2 aliphatic heterocycles. The summed E-state index contributed by atoms with van der Waals surface area (Å²) in [6, 6.07) is 31.7. The zero-order valence-corrected chi connectivity index (χ0v) is 22.8. The van der Waals surface area contributed by atoms with Crippen molar-refractivity contribution in [2.24, 2.45) is 5.84 Å². The zero-order chi connectivity index (χ0) is 28.4. The number of para-hydroxylation sites is 1. The van der Waals surface area contributed by atoms with Gasteiger partial charge in [-0.15, -0.1) is 0 Å². The lowest BCUT2D eigenvalue weighted by atomic mass is 9.89. The largest absolute Gasteiger partial charge is 0.485 e. The third-order valence-corrected chi connectivity index (χ3v) is 7.63. The minimum atomic E-state index is -1.06. The molecule has 6 rings (SSSR count). The van der Waals surface area contributed by atoms with E-state index < -0.39 is 17.8 Å². The van der Waals surface area contributed by atoms with Gasteiger partial charge in [-0.25, -0.2) is 10.6 Å². The fraction of sp³-hybridized carbons (Fsp3) is 0.212. The predicted molar refractivity (Wildman–Crippen MR) is 156 cm³/mol. The number of ether oxygens (including phenoxy) is 2. The van der Waals surface area contributed by atoms with E-state index in [4.69, 9.17) is 15.3 Å². The second-order valence-corrected chi connectivity index (χ2v) is 10.5. The number of hydrogen-bond acceptors (Lipinski definition) is 5. The Bertz CT molecular complexity index is 1560. The number of carbonyl (C=O) groups is 2. The summed E-state index contributed by atoms with van der Waals surface area (Å²) in [6.07, 6.45) is 1.16. The van der Waals surface area contributed by atoms with Crippen LogP contribution >= 0.6 is 0 Å². The smallest absolute Gasteiger partial charge is 0.342 e. The molecule has 4 aromatic rings. The first-order valence-corrected chi connectivity index (χ1v) is 13.7. The summed E-state index contributed by atoms with van der Waals surface area (Å²) in [7, 11) is 0. The number of hydrazine groups is 1. The highest BCUT2D eigenvalue weighted by Gasteiger charge is 2.53. The maximum Gasteiger partial charge on any atom is 0.342 e. The van der Waals surface area contributed by atoms with Crippen LogP contribution in [0.1, 0.15) is 46.4 Å². The standard InChI is InChI=1S/C33H32N4O4/c1-33-21-28(27-16-9-17-29(30(27)41-33)40-22-24-12-6-3-7-13-24)37(34)32(39)36(33)26-15-8-14-25(20-26)31(38)35-19-18-23-10-4-2-5-11-23/h2-17,20,28H,18-19,21-22,34H2,1H3,(H,35,38)/t28-,33+/m0/s1. The Morgan fingerprint density at radius 1 is 0.976 bits per heavy atom. The molecule has 0 aliphatic carbocycles. The Kier molecular flexibility index (Phi) is 7.07. The fourth-order valence-electron chi connectivity index (χ4n) is 5.56. The molecule has 1 fully saturated rings. The Balaban J connectivity index is 1.24. The van der Waals surface area contributed by atoms with Crippen molar-refractivity contribution in [2.45, 2.75) is 38.1 Å². The van der Waals surface area contributed by atoms with Crippen LogP contribution in [0, 0.1) is 0 Å². The minimum absolute atomic E-state index is 0.216. The molecule has 3 amide bonds. The van der Waals surface area contributed by atoms with Gasteiger partial charge in [0, 0.05) is 24.1 Å². The van der Waals surface area contributed by atoms with Gasteiger partial charge in [0.05, 0.1) is 11.7 Å². The number of hydrogen-bond donors (Lipinski definition) is 2. The van der Waals surface area contributed by atoms with Crippen molar-refractivity contribution >= 4 is 17.6 Å². The first-order chi connectivity index (χ1) is 19.9. The maximum absolute atomic E-state index is 13.7. The van der Waals surface area contributed by atoms with Gasteiger partial charge in [0.1, 0.15) is 6.61 Å². The molecular formula is C33H32N4O4. The number of urea groups is 1. The molecule has 8 nitrogen and oxygen atoms in total. The highest BCUT2D eigenvalue weighted by atomic mass is 16.5. The quantitative estimate of drug-likeness (QED) is 0.221. The second-order valence-electron chi connectivity index (χ2n) is 10.5. The lowest BCUT2D eigenvalue weighted by molar-refractivity contribution is -0.00305. The van der Waals surface area contributed by atoms with Crippen molar-refractivity contribution in [3.05, 3.63) is 125 Å². The van der Waals surface area contributed by atoms with Crippen molar-refractivity contribution in [2.75, 3.05) is 11.4 Å². The summed E-state index contributed by atoms with van der Waals surface area (Å²) in [5.41, 5.74) is 2.89.